The molecule has 1 saturated carbocycles. The number of H-pyrrole nitrogens is 1. The van der Waals surface area contributed by atoms with Crippen LogP contribution in [-0.2, 0) is 11.2 Å². The lowest BCUT2D eigenvalue weighted by molar-refractivity contribution is -0.123. The predicted molar refractivity (Wildman–Crippen MR) is 101 cm³/mol. The molecule has 1 aromatic carbocycles. The summed E-state index contributed by atoms with van der Waals surface area (Å²) in [6.45, 7) is 2.25. The first-order valence-corrected chi connectivity index (χ1v) is 8.78. The summed E-state index contributed by atoms with van der Waals surface area (Å²) in [6, 6.07) is 7.94. The molecule has 0 aliphatic heterocycles. The Morgan fingerprint density at radius 1 is 1.29 bits per heavy atom. The summed E-state index contributed by atoms with van der Waals surface area (Å²) in [7, 11) is 0. The van der Waals surface area contributed by atoms with Gasteiger partial charge < -0.3 is 16.0 Å². The molecule has 1 aromatic heterocycles. The number of halogens is 1. The first kappa shape index (κ1) is 18.8. The van der Waals surface area contributed by atoms with Gasteiger partial charge in [-0.25, -0.2) is 0 Å². The Balaban J connectivity index is 0.00000208. The van der Waals surface area contributed by atoms with Crippen molar-refractivity contribution in [2.45, 2.75) is 57.5 Å². The molecule has 24 heavy (non-hydrogen) atoms. The predicted octanol–water partition coefficient (Wildman–Crippen LogP) is 3.54. The van der Waals surface area contributed by atoms with Crippen LogP contribution in [0.4, 0.5) is 0 Å². The molecule has 5 heteroatoms. The van der Waals surface area contributed by atoms with Crippen LogP contribution >= 0.6 is 12.4 Å². The highest BCUT2D eigenvalue weighted by Crippen LogP contribution is 2.26. The second-order valence-corrected chi connectivity index (χ2v) is 6.80. The van der Waals surface area contributed by atoms with Crippen LogP contribution in [-0.4, -0.2) is 23.0 Å². The smallest absolute Gasteiger partial charge is 0.237 e. The maximum absolute atomic E-state index is 12.4. The van der Waals surface area contributed by atoms with Gasteiger partial charge in [0, 0.05) is 23.1 Å². The van der Waals surface area contributed by atoms with Gasteiger partial charge in [0.15, 0.2) is 0 Å². The lowest BCUT2D eigenvalue weighted by Gasteiger charge is -2.29. The standard InChI is InChI=1S/C19H27N3O.ClH/c1-2-13-7-9-15(10-8-13)22-19(23)17(20)11-14-12-21-18-6-4-3-5-16(14)18;/h3-6,12-13,15,17,21H,2,7-11,20H2,1H3,(H,22,23);1H/t13?,15?,17-;/m0./s1. The Kier molecular flexibility index (Phi) is 6.69. The van der Waals surface area contributed by atoms with Gasteiger partial charge in [-0.3, -0.25) is 4.79 Å². The summed E-state index contributed by atoms with van der Waals surface area (Å²) in [5.41, 5.74) is 8.34. The fourth-order valence-electron chi connectivity index (χ4n) is 3.65. The van der Waals surface area contributed by atoms with Gasteiger partial charge in [-0.15, -0.1) is 12.4 Å². The molecule has 4 nitrogen and oxygen atoms in total. The molecule has 0 saturated heterocycles. The zero-order valence-corrected chi connectivity index (χ0v) is 15.1. The highest BCUT2D eigenvalue weighted by atomic mass is 35.5. The fourth-order valence-corrected chi connectivity index (χ4v) is 3.65. The molecule has 1 amide bonds. The number of nitrogens with two attached hydrogens (primary N) is 1. The molecule has 1 atom stereocenters. The second kappa shape index (κ2) is 8.54. The number of aromatic amines is 1. The quantitative estimate of drug-likeness (QED) is 0.772. The van der Waals surface area contributed by atoms with Crippen LogP contribution in [0.15, 0.2) is 30.5 Å². The van der Waals surface area contributed by atoms with E-state index in [9.17, 15) is 4.79 Å². The number of hydrogen-bond donors (Lipinski definition) is 3. The van der Waals surface area contributed by atoms with E-state index in [0.717, 1.165) is 35.2 Å². The number of amides is 1. The number of nitrogens with one attached hydrogen (secondary N) is 2. The van der Waals surface area contributed by atoms with Gasteiger partial charge >= 0.3 is 0 Å². The number of para-hydroxylation sites is 1. The van der Waals surface area contributed by atoms with Crippen LogP contribution in [0.1, 0.15) is 44.6 Å². The minimum Gasteiger partial charge on any atom is -0.361 e. The van der Waals surface area contributed by atoms with E-state index >= 15 is 0 Å². The monoisotopic (exact) mass is 349 g/mol. The Morgan fingerprint density at radius 3 is 2.71 bits per heavy atom. The summed E-state index contributed by atoms with van der Waals surface area (Å²) in [5.74, 6) is 0.818. The summed E-state index contributed by atoms with van der Waals surface area (Å²) in [6.07, 6.45) is 8.40. The van der Waals surface area contributed by atoms with Crippen LogP contribution in [0.3, 0.4) is 0 Å². The third kappa shape index (κ3) is 4.31. The first-order chi connectivity index (χ1) is 11.2. The van der Waals surface area contributed by atoms with Gasteiger partial charge in [0.25, 0.3) is 0 Å². The van der Waals surface area contributed by atoms with Crippen LogP contribution in [0.2, 0.25) is 0 Å². The van der Waals surface area contributed by atoms with Crippen molar-refractivity contribution in [3.8, 4) is 0 Å². The molecule has 0 bridgehead atoms. The number of benzene rings is 1. The Hall–Kier alpha value is -1.52. The molecule has 0 radical (unpaired) electrons. The molecule has 0 unspecified atom stereocenters. The Bertz CT molecular complexity index is 661. The van der Waals surface area contributed by atoms with Crippen LogP contribution in [0.25, 0.3) is 10.9 Å². The molecule has 132 valence electrons. The summed E-state index contributed by atoms with van der Waals surface area (Å²) in [5, 5.41) is 4.30. The number of carbonyl (C=O) groups is 1. The first-order valence-electron chi connectivity index (χ1n) is 8.78. The van der Waals surface area contributed by atoms with Crippen molar-refractivity contribution in [2.75, 3.05) is 0 Å². The number of hydrogen-bond acceptors (Lipinski definition) is 2. The molecular formula is C19H28ClN3O. The number of carbonyl (C=O) groups excluding carboxylic acids is 1. The minimum atomic E-state index is -0.488. The molecule has 1 aliphatic rings. The van der Waals surface area contributed by atoms with E-state index in [2.05, 4.69) is 23.3 Å². The molecular weight excluding hydrogens is 322 g/mol. The van der Waals surface area contributed by atoms with E-state index in [1.54, 1.807) is 0 Å². The Labute approximate surface area is 150 Å². The summed E-state index contributed by atoms with van der Waals surface area (Å²) >= 11 is 0. The van der Waals surface area contributed by atoms with Crippen LogP contribution in [0.5, 0.6) is 0 Å². The minimum absolute atomic E-state index is 0. The third-order valence-electron chi connectivity index (χ3n) is 5.22. The zero-order valence-electron chi connectivity index (χ0n) is 14.3. The molecule has 0 spiro atoms. The highest BCUT2D eigenvalue weighted by Gasteiger charge is 2.24. The highest BCUT2D eigenvalue weighted by molar-refractivity contribution is 5.86. The van der Waals surface area contributed by atoms with Crippen molar-refractivity contribution in [2.24, 2.45) is 11.7 Å². The lowest BCUT2D eigenvalue weighted by Crippen LogP contribution is -2.47. The van der Waals surface area contributed by atoms with Gasteiger partial charge in [-0.1, -0.05) is 31.5 Å². The van der Waals surface area contributed by atoms with E-state index in [1.807, 2.05) is 24.4 Å². The molecule has 2 aromatic rings. The van der Waals surface area contributed by atoms with Crippen LogP contribution < -0.4 is 11.1 Å². The maximum atomic E-state index is 12.4. The van der Waals surface area contributed by atoms with E-state index < -0.39 is 6.04 Å². The fraction of sp³-hybridized carbons (Fsp3) is 0.526. The average molecular weight is 350 g/mol. The maximum Gasteiger partial charge on any atom is 0.237 e. The molecule has 1 fully saturated rings. The van der Waals surface area contributed by atoms with Crippen molar-refractivity contribution in [1.82, 2.24) is 10.3 Å². The summed E-state index contributed by atoms with van der Waals surface area (Å²) in [4.78, 5) is 15.6. The van der Waals surface area contributed by atoms with Crippen molar-refractivity contribution >= 4 is 29.2 Å². The molecule has 1 aliphatic carbocycles. The van der Waals surface area contributed by atoms with Gasteiger partial charge in [0.1, 0.15) is 0 Å². The van der Waals surface area contributed by atoms with Crippen molar-refractivity contribution in [1.29, 1.82) is 0 Å². The summed E-state index contributed by atoms with van der Waals surface area (Å²) < 4.78 is 0. The van der Waals surface area contributed by atoms with E-state index in [4.69, 9.17) is 5.73 Å². The largest absolute Gasteiger partial charge is 0.361 e. The van der Waals surface area contributed by atoms with Crippen molar-refractivity contribution in [3.63, 3.8) is 0 Å². The van der Waals surface area contributed by atoms with Gasteiger partial charge in [-0.2, -0.15) is 0 Å². The van der Waals surface area contributed by atoms with Gasteiger partial charge in [0.05, 0.1) is 6.04 Å². The molecule has 3 rings (SSSR count). The average Bonchev–Trinajstić information content (AvgIpc) is 2.98. The Morgan fingerprint density at radius 2 is 2.00 bits per heavy atom. The third-order valence-corrected chi connectivity index (χ3v) is 5.22. The van der Waals surface area contributed by atoms with Gasteiger partial charge in [0.2, 0.25) is 5.91 Å². The van der Waals surface area contributed by atoms with Crippen molar-refractivity contribution < 1.29 is 4.79 Å². The number of fused-ring (bicyclic) bond motifs is 1. The van der Waals surface area contributed by atoms with E-state index in [0.29, 0.717) is 12.5 Å². The van der Waals surface area contributed by atoms with E-state index in [1.165, 1.54) is 19.3 Å². The lowest BCUT2D eigenvalue weighted by atomic mass is 9.84. The van der Waals surface area contributed by atoms with E-state index in [-0.39, 0.29) is 18.3 Å². The topological polar surface area (TPSA) is 70.9 Å². The SMILES string of the molecule is CCC1CCC(NC(=O)[C@@H](N)Cc2c[nH]c3ccccc23)CC1.Cl. The normalized spacial score (nSPS) is 21.9. The van der Waals surface area contributed by atoms with Crippen LogP contribution in [0, 0.1) is 5.92 Å². The number of rotatable bonds is 5. The molecule has 1 heterocycles. The second-order valence-electron chi connectivity index (χ2n) is 6.80. The van der Waals surface area contributed by atoms with Crippen molar-refractivity contribution in [3.05, 3.63) is 36.0 Å². The zero-order chi connectivity index (χ0) is 16.2. The number of aromatic nitrogens is 1. The van der Waals surface area contributed by atoms with Gasteiger partial charge in [-0.05, 0) is 49.7 Å². The molecule has 4 N–H and O–H groups in total.